The van der Waals surface area contributed by atoms with Gasteiger partial charge >= 0.3 is 5.97 Å². The van der Waals surface area contributed by atoms with Crippen LogP contribution in [0.25, 0.3) is 0 Å². The number of hydrogen-bond acceptors (Lipinski definition) is 5. The van der Waals surface area contributed by atoms with E-state index in [0.717, 1.165) is 30.9 Å². The van der Waals surface area contributed by atoms with Crippen molar-refractivity contribution in [2.75, 3.05) is 26.2 Å². The Morgan fingerprint density at radius 2 is 1.70 bits per heavy atom. The third kappa shape index (κ3) is 4.01. The smallest absolute Gasteiger partial charge is 0.349 e. The fourth-order valence-electron chi connectivity index (χ4n) is 3.52. The number of hydrogen-bond donors (Lipinski definition) is 1. The van der Waals surface area contributed by atoms with Gasteiger partial charge < -0.3 is 19.3 Å². The monoisotopic (exact) mass is 369 g/mol. The summed E-state index contributed by atoms with van der Waals surface area (Å²) in [6.07, 6.45) is 0.732. The topological polar surface area (TPSA) is 68.2 Å². The molecule has 0 amide bonds. The predicted octanol–water partition coefficient (Wildman–Crippen LogP) is 3.13. The second kappa shape index (κ2) is 7.88. The number of carboxylic acids is 1. The lowest BCUT2D eigenvalue weighted by Crippen LogP contribution is -2.39. The fourth-order valence-corrected chi connectivity index (χ4v) is 3.52. The molecular weight excluding hydrogens is 346 g/mol. The van der Waals surface area contributed by atoms with E-state index in [2.05, 4.69) is 4.90 Å². The first-order chi connectivity index (χ1) is 13.2. The van der Waals surface area contributed by atoms with Crippen LogP contribution in [0.2, 0.25) is 0 Å². The predicted molar refractivity (Wildman–Crippen MR) is 99.5 cm³/mol. The third-order valence-electron chi connectivity index (χ3n) is 4.96. The summed E-state index contributed by atoms with van der Waals surface area (Å²) >= 11 is 0. The standard InChI is InChI=1S/C21H23NO5/c23-21(24)20-19(26-17-5-1-2-6-18(17)27-20)15-7-9-16(10-8-15)25-14-13-22-11-3-4-12-22/h1-2,5-10,19-20H,3-4,11-14H2,(H,23,24). The Kier molecular flexibility index (Phi) is 5.16. The highest BCUT2D eigenvalue weighted by molar-refractivity contribution is 5.75. The van der Waals surface area contributed by atoms with E-state index in [4.69, 9.17) is 14.2 Å². The van der Waals surface area contributed by atoms with Crippen molar-refractivity contribution >= 4 is 5.97 Å². The minimum absolute atomic E-state index is 0.447. The molecule has 1 fully saturated rings. The Morgan fingerprint density at radius 3 is 2.37 bits per heavy atom. The molecule has 27 heavy (non-hydrogen) atoms. The molecule has 0 radical (unpaired) electrons. The Bertz CT molecular complexity index is 785. The van der Waals surface area contributed by atoms with Crippen molar-refractivity contribution in [3.8, 4) is 17.2 Å². The maximum Gasteiger partial charge on any atom is 0.349 e. The lowest BCUT2D eigenvalue weighted by Gasteiger charge is -2.31. The summed E-state index contributed by atoms with van der Waals surface area (Å²) in [4.78, 5) is 14.0. The molecule has 1 N–H and O–H groups in total. The summed E-state index contributed by atoms with van der Waals surface area (Å²) in [6.45, 7) is 3.88. The van der Waals surface area contributed by atoms with Crippen molar-refractivity contribution in [1.82, 2.24) is 4.90 Å². The Balaban J connectivity index is 1.43. The van der Waals surface area contributed by atoms with Crippen LogP contribution in [0.4, 0.5) is 0 Å². The van der Waals surface area contributed by atoms with Gasteiger partial charge in [0, 0.05) is 6.54 Å². The van der Waals surface area contributed by atoms with Gasteiger partial charge in [-0.05, 0) is 55.8 Å². The number of nitrogens with zero attached hydrogens (tertiary/aromatic N) is 1. The van der Waals surface area contributed by atoms with E-state index < -0.39 is 18.2 Å². The highest BCUT2D eigenvalue weighted by Crippen LogP contribution is 2.39. The second-order valence-corrected chi connectivity index (χ2v) is 6.83. The molecular formula is C21H23NO5. The lowest BCUT2D eigenvalue weighted by atomic mass is 10.0. The largest absolute Gasteiger partial charge is 0.492 e. The van der Waals surface area contributed by atoms with Crippen LogP contribution in [0.1, 0.15) is 24.5 Å². The Hall–Kier alpha value is -2.73. The van der Waals surface area contributed by atoms with Crippen LogP contribution in [-0.4, -0.2) is 48.3 Å². The first-order valence-electron chi connectivity index (χ1n) is 9.31. The van der Waals surface area contributed by atoms with E-state index in [1.807, 2.05) is 30.3 Å². The van der Waals surface area contributed by atoms with Crippen molar-refractivity contribution in [1.29, 1.82) is 0 Å². The van der Waals surface area contributed by atoms with Crippen LogP contribution in [-0.2, 0) is 4.79 Å². The molecule has 1 saturated heterocycles. The molecule has 0 aromatic heterocycles. The van der Waals surface area contributed by atoms with E-state index in [0.29, 0.717) is 18.1 Å². The van der Waals surface area contributed by atoms with Crippen molar-refractivity contribution in [3.05, 3.63) is 54.1 Å². The number of benzene rings is 2. The van der Waals surface area contributed by atoms with Gasteiger partial charge in [-0.1, -0.05) is 24.3 Å². The fraction of sp³-hybridized carbons (Fsp3) is 0.381. The molecule has 2 aliphatic heterocycles. The van der Waals surface area contributed by atoms with E-state index in [1.165, 1.54) is 12.8 Å². The summed E-state index contributed by atoms with van der Waals surface area (Å²) in [5, 5.41) is 9.54. The van der Waals surface area contributed by atoms with Crippen LogP contribution in [0, 0.1) is 0 Å². The zero-order valence-electron chi connectivity index (χ0n) is 15.0. The summed E-state index contributed by atoms with van der Waals surface area (Å²) in [5.74, 6) is 0.705. The number of carboxylic acid groups (broad SMARTS) is 1. The lowest BCUT2D eigenvalue weighted by molar-refractivity contribution is -0.151. The summed E-state index contributed by atoms with van der Waals surface area (Å²) in [5.41, 5.74) is 0.740. The summed E-state index contributed by atoms with van der Waals surface area (Å²) in [7, 11) is 0. The Morgan fingerprint density at radius 1 is 1.04 bits per heavy atom. The van der Waals surface area contributed by atoms with Crippen molar-refractivity contribution in [2.24, 2.45) is 0 Å². The van der Waals surface area contributed by atoms with E-state index in [-0.39, 0.29) is 0 Å². The zero-order valence-corrected chi connectivity index (χ0v) is 15.0. The molecule has 0 spiro atoms. The molecule has 6 heteroatoms. The minimum atomic E-state index is -1.10. The van der Waals surface area contributed by atoms with Gasteiger partial charge in [-0.15, -0.1) is 0 Å². The van der Waals surface area contributed by atoms with E-state index in [1.54, 1.807) is 18.2 Å². The van der Waals surface area contributed by atoms with Crippen molar-refractivity contribution in [2.45, 2.75) is 25.0 Å². The average Bonchev–Trinajstić information content (AvgIpc) is 3.21. The molecule has 6 nitrogen and oxygen atoms in total. The maximum atomic E-state index is 11.6. The SMILES string of the molecule is O=C(O)C1Oc2ccccc2OC1c1ccc(OCCN2CCCC2)cc1. The van der Waals surface area contributed by atoms with Gasteiger partial charge in [-0.25, -0.2) is 4.79 Å². The van der Waals surface area contributed by atoms with Crippen LogP contribution in [0.15, 0.2) is 48.5 Å². The average molecular weight is 369 g/mol. The zero-order chi connectivity index (χ0) is 18.6. The van der Waals surface area contributed by atoms with Gasteiger partial charge in [-0.3, -0.25) is 4.90 Å². The second-order valence-electron chi connectivity index (χ2n) is 6.83. The van der Waals surface area contributed by atoms with E-state index in [9.17, 15) is 9.90 Å². The molecule has 0 aliphatic carbocycles. The van der Waals surface area contributed by atoms with Crippen LogP contribution in [0.3, 0.4) is 0 Å². The number of para-hydroxylation sites is 2. The molecule has 2 aromatic rings. The number of carbonyl (C=O) groups is 1. The van der Waals surface area contributed by atoms with Crippen molar-refractivity contribution < 1.29 is 24.1 Å². The number of likely N-dealkylation sites (tertiary alicyclic amines) is 1. The van der Waals surface area contributed by atoms with Crippen molar-refractivity contribution in [3.63, 3.8) is 0 Å². The minimum Gasteiger partial charge on any atom is -0.492 e. The van der Waals surface area contributed by atoms with Gasteiger partial charge in [-0.2, -0.15) is 0 Å². The molecule has 2 aromatic carbocycles. The molecule has 2 heterocycles. The van der Waals surface area contributed by atoms with E-state index >= 15 is 0 Å². The Labute approximate surface area is 158 Å². The third-order valence-corrected chi connectivity index (χ3v) is 4.96. The highest BCUT2D eigenvalue weighted by atomic mass is 16.6. The normalized spacial score (nSPS) is 21.8. The first-order valence-corrected chi connectivity index (χ1v) is 9.31. The molecule has 0 saturated carbocycles. The van der Waals surface area contributed by atoms with Crippen LogP contribution >= 0.6 is 0 Å². The summed E-state index contributed by atoms with van der Waals surface area (Å²) in [6, 6.07) is 14.5. The van der Waals surface area contributed by atoms with Crippen LogP contribution in [0.5, 0.6) is 17.2 Å². The summed E-state index contributed by atoms with van der Waals surface area (Å²) < 4.78 is 17.4. The molecule has 2 aliphatic rings. The van der Waals surface area contributed by atoms with Gasteiger partial charge in [0.1, 0.15) is 12.4 Å². The number of fused-ring (bicyclic) bond motifs is 1. The molecule has 0 bridgehead atoms. The number of ether oxygens (including phenoxy) is 3. The quantitative estimate of drug-likeness (QED) is 0.844. The van der Waals surface area contributed by atoms with Gasteiger partial charge in [0.2, 0.25) is 6.10 Å². The first kappa shape index (κ1) is 17.7. The van der Waals surface area contributed by atoms with Crippen LogP contribution < -0.4 is 14.2 Å². The van der Waals surface area contributed by atoms with Gasteiger partial charge in [0.25, 0.3) is 0 Å². The molecule has 142 valence electrons. The molecule has 2 atom stereocenters. The highest BCUT2D eigenvalue weighted by Gasteiger charge is 2.38. The molecule has 4 rings (SSSR count). The molecule has 2 unspecified atom stereocenters. The number of rotatable bonds is 6. The number of aliphatic carboxylic acids is 1. The maximum absolute atomic E-state index is 11.6. The van der Waals surface area contributed by atoms with Gasteiger partial charge in [0.05, 0.1) is 0 Å². The van der Waals surface area contributed by atoms with Gasteiger partial charge in [0.15, 0.2) is 17.6 Å².